The first-order chi connectivity index (χ1) is 25.5. The van der Waals surface area contributed by atoms with Crippen LogP contribution in [0.5, 0.6) is 0 Å². The fraction of sp³-hybridized carbons (Fsp3) is 0.956. The molecule has 1 atom stereocenters. The number of aliphatic hydroxyl groups is 1. The summed E-state index contributed by atoms with van der Waals surface area (Å²) in [4.78, 5) is 26.9. The lowest BCUT2D eigenvalue weighted by Gasteiger charge is -2.31. The number of esters is 2. The zero-order valence-corrected chi connectivity index (χ0v) is 35.3. The third-order valence-corrected chi connectivity index (χ3v) is 10.7. The van der Waals surface area contributed by atoms with E-state index in [-0.39, 0.29) is 18.5 Å². The molecule has 52 heavy (non-hydrogen) atoms. The maximum Gasteiger partial charge on any atom is 0.305 e. The molecule has 0 aromatic heterocycles. The quantitative estimate of drug-likeness (QED) is 0.0476. The molecular formula is C45H90N2O5. The normalized spacial score (nSPS) is 12.2. The smallest absolute Gasteiger partial charge is 0.305 e. The molecule has 0 heterocycles. The van der Waals surface area contributed by atoms with Crippen molar-refractivity contribution in [1.82, 2.24) is 10.2 Å². The summed E-state index contributed by atoms with van der Waals surface area (Å²) < 4.78 is 11.2. The molecule has 0 aliphatic carbocycles. The summed E-state index contributed by atoms with van der Waals surface area (Å²) in [6, 6.07) is 0.504. The standard InChI is InChI=1S/C45H90N2O5/c1-5-9-13-15-17-22-29-42(30-23-18-16-14-10-6-2)41-52-45(50)34-25-19-26-35-46-36-28-37-47(38-39-48)43(31-12-8-4)32-24-20-27-40-51-44(49)33-21-11-7-3/h42-43,46,48H,5-41H2,1-4H3. The number of aliphatic hydroxyl groups excluding tert-OH is 1. The van der Waals surface area contributed by atoms with E-state index in [0.29, 0.717) is 38.0 Å². The Bertz CT molecular complexity index is 735. The molecule has 310 valence electrons. The Morgan fingerprint density at radius 3 is 1.63 bits per heavy atom. The molecule has 0 radical (unpaired) electrons. The number of ether oxygens (including phenoxy) is 2. The minimum atomic E-state index is -0.0480. The van der Waals surface area contributed by atoms with Gasteiger partial charge in [-0.15, -0.1) is 0 Å². The van der Waals surface area contributed by atoms with Crippen LogP contribution < -0.4 is 5.32 Å². The second-order valence-electron chi connectivity index (χ2n) is 15.7. The van der Waals surface area contributed by atoms with Gasteiger partial charge >= 0.3 is 11.9 Å². The molecule has 0 bridgehead atoms. The van der Waals surface area contributed by atoms with Gasteiger partial charge in [-0.3, -0.25) is 14.5 Å². The van der Waals surface area contributed by atoms with Crippen LogP contribution in [0.4, 0.5) is 0 Å². The van der Waals surface area contributed by atoms with Gasteiger partial charge in [0.15, 0.2) is 0 Å². The minimum absolute atomic E-state index is 0.00769. The number of nitrogens with zero attached hydrogens (tertiary/aromatic N) is 1. The van der Waals surface area contributed by atoms with Crippen LogP contribution in [0.2, 0.25) is 0 Å². The molecule has 0 saturated heterocycles. The lowest BCUT2D eigenvalue weighted by atomic mass is 9.94. The van der Waals surface area contributed by atoms with Gasteiger partial charge in [-0.1, -0.05) is 150 Å². The molecule has 0 aliphatic rings. The highest BCUT2D eigenvalue weighted by Crippen LogP contribution is 2.21. The van der Waals surface area contributed by atoms with E-state index < -0.39 is 0 Å². The summed E-state index contributed by atoms with van der Waals surface area (Å²) in [5, 5.41) is 13.4. The summed E-state index contributed by atoms with van der Waals surface area (Å²) in [6.45, 7) is 14.0. The van der Waals surface area contributed by atoms with Crippen molar-refractivity contribution in [2.75, 3.05) is 46.0 Å². The fourth-order valence-corrected chi connectivity index (χ4v) is 7.24. The van der Waals surface area contributed by atoms with Gasteiger partial charge in [-0.2, -0.15) is 0 Å². The second-order valence-corrected chi connectivity index (χ2v) is 15.7. The Morgan fingerprint density at radius 1 is 0.519 bits per heavy atom. The van der Waals surface area contributed by atoms with Crippen molar-refractivity contribution < 1.29 is 24.2 Å². The number of rotatable bonds is 42. The molecule has 0 fully saturated rings. The SMILES string of the molecule is CCCCCCCCC(CCCCCCCC)COC(=O)CCCCCNCCCN(CCO)C(CCCC)CCCCCOC(=O)CCCCC. The zero-order chi connectivity index (χ0) is 38.2. The highest BCUT2D eigenvalue weighted by atomic mass is 16.5. The van der Waals surface area contributed by atoms with Gasteiger partial charge in [0.2, 0.25) is 0 Å². The molecule has 0 amide bonds. The zero-order valence-electron chi connectivity index (χ0n) is 35.3. The minimum Gasteiger partial charge on any atom is -0.466 e. The summed E-state index contributed by atoms with van der Waals surface area (Å²) >= 11 is 0. The van der Waals surface area contributed by atoms with E-state index in [9.17, 15) is 14.7 Å². The van der Waals surface area contributed by atoms with E-state index in [4.69, 9.17) is 9.47 Å². The maximum atomic E-state index is 12.6. The van der Waals surface area contributed by atoms with E-state index in [1.165, 1.54) is 109 Å². The number of carbonyl (C=O) groups excluding carboxylic acids is 2. The van der Waals surface area contributed by atoms with Crippen LogP contribution in [0.15, 0.2) is 0 Å². The topological polar surface area (TPSA) is 88.1 Å². The Kier molecular flexibility index (Phi) is 40.1. The number of carbonyl (C=O) groups is 2. The van der Waals surface area contributed by atoms with Gasteiger partial charge in [-0.25, -0.2) is 0 Å². The molecule has 7 heteroatoms. The first kappa shape index (κ1) is 50.8. The van der Waals surface area contributed by atoms with Crippen LogP contribution >= 0.6 is 0 Å². The van der Waals surface area contributed by atoms with Crippen molar-refractivity contribution in [1.29, 1.82) is 0 Å². The van der Waals surface area contributed by atoms with E-state index in [1.807, 2.05) is 0 Å². The molecule has 0 aromatic rings. The van der Waals surface area contributed by atoms with Crippen LogP contribution in [0.1, 0.15) is 220 Å². The van der Waals surface area contributed by atoms with Gasteiger partial charge in [0.1, 0.15) is 0 Å². The summed E-state index contributed by atoms with van der Waals surface area (Å²) in [6.07, 6.45) is 34.5. The second kappa shape index (κ2) is 41.0. The Hall–Kier alpha value is -1.18. The Labute approximate surface area is 323 Å². The molecular weight excluding hydrogens is 649 g/mol. The Morgan fingerprint density at radius 2 is 1.00 bits per heavy atom. The average Bonchev–Trinajstić information content (AvgIpc) is 3.14. The third-order valence-electron chi connectivity index (χ3n) is 10.7. The Balaban J connectivity index is 4.24. The number of hydrogen-bond acceptors (Lipinski definition) is 7. The number of nitrogens with one attached hydrogen (secondary N) is 1. The first-order valence-corrected chi connectivity index (χ1v) is 22.9. The van der Waals surface area contributed by atoms with Crippen molar-refractivity contribution in [2.45, 2.75) is 226 Å². The van der Waals surface area contributed by atoms with E-state index in [0.717, 1.165) is 96.8 Å². The van der Waals surface area contributed by atoms with Crippen LogP contribution in [-0.4, -0.2) is 74.0 Å². The maximum absolute atomic E-state index is 12.6. The van der Waals surface area contributed by atoms with Crippen LogP contribution in [0.3, 0.4) is 0 Å². The predicted molar refractivity (Wildman–Crippen MR) is 222 cm³/mol. The average molecular weight is 739 g/mol. The third kappa shape index (κ3) is 34.6. The predicted octanol–water partition coefficient (Wildman–Crippen LogP) is 11.7. The number of unbranched alkanes of at least 4 members (excludes halogenated alkanes) is 17. The van der Waals surface area contributed by atoms with Crippen molar-refractivity contribution in [2.24, 2.45) is 5.92 Å². The van der Waals surface area contributed by atoms with Gasteiger partial charge in [0.05, 0.1) is 19.8 Å². The molecule has 0 saturated carbocycles. The lowest BCUT2D eigenvalue weighted by molar-refractivity contribution is -0.145. The van der Waals surface area contributed by atoms with Gasteiger partial charge < -0.3 is 19.9 Å². The van der Waals surface area contributed by atoms with Crippen LogP contribution in [-0.2, 0) is 19.1 Å². The van der Waals surface area contributed by atoms with Crippen molar-refractivity contribution in [3.8, 4) is 0 Å². The molecule has 0 spiro atoms. The lowest BCUT2D eigenvalue weighted by Crippen LogP contribution is -2.39. The highest BCUT2D eigenvalue weighted by Gasteiger charge is 2.17. The number of hydrogen-bond donors (Lipinski definition) is 2. The summed E-state index contributed by atoms with van der Waals surface area (Å²) in [5.41, 5.74) is 0. The van der Waals surface area contributed by atoms with Gasteiger partial charge in [-0.05, 0) is 83.3 Å². The molecule has 0 aliphatic heterocycles. The largest absolute Gasteiger partial charge is 0.466 e. The van der Waals surface area contributed by atoms with E-state index in [2.05, 4.69) is 37.9 Å². The first-order valence-electron chi connectivity index (χ1n) is 22.9. The molecule has 0 rings (SSSR count). The van der Waals surface area contributed by atoms with Crippen molar-refractivity contribution >= 4 is 11.9 Å². The van der Waals surface area contributed by atoms with E-state index >= 15 is 0 Å². The van der Waals surface area contributed by atoms with E-state index in [1.54, 1.807) is 0 Å². The monoisotopic (exact) mass is 739 g/mol. The van der Waals surface area contributed by atoms with Crippen molar-refractivity contribution in [3.63, 3.8) is 0 Å². The molecule has 2 N–H and O–H groups in total. The van der Waals surface area contributed by atoms with Gasteiger partial charge in [0.25, 0.3) is 0 Å². The summed E-state index contributed by atoms with van der Waals surface area (Å²) in [7, 11) is 0. The van der Waals surface area contributed by atoms with Gasteiger partial charge in [0, 0.05) is 25.4 Å². The molecule has 7 nitrogen and oxygen atoms in total. The summed E-state index contributed by atoms with van der Waals surface area (Å²) in [5.74, 6) is 0.475. The van der Waals surface area contributed by atoms with Crippen LogP contribution in [0.25, 0.3) is 0 Å². The highest BCUT2D eigenvalue weighted by molar-refractivity contribution is 5.69. The molecule has 0 aromatic carbocycles. The molecule has 1 unspecified atom stereocenters. The van der Waals surface area contributed by atoms with Crippen molar-refractivity contribution in [3.05, 3.63) is 0 Å². The fourth-order valence-electron chi connectivity index (χ4n) is 7.24. The van der Waals surface area contributed by atoms with Crippen LogP contribution in [0, 0.1) is 5.92 Å².